The van der Waals surface area contributed by atoms with Gasteiger partial charge < -0.3 is 20.6 Å². The van der Waals surface area contributed by atoms with Crippen molar-refractivity contribution >= 4 is 23.5 Å². The van der Waals surface area contributed by atoms with E-state index in [1.807, 2.05) is 0 Å². The number of phenols is 1. The van der Waals surface area contributed by atoms with Crippen LogP contribution in [0.2, 0.25) is 0 Å². The number of allylic oxidation sites excluding steroid dienone is 2. The van der Waals surface area contributed by atoms with Crippen molar-refractivity contribution in [2.75, 3.05) is 5.32 Å². The van der Waals surface area contributed by atoms with E-state index in [-0.39, 0.29) is 17.7 Å². The molecule has 0 heterocycles. The third-order valence-corrected chi connectivity index (χ3v) is 3.58. The zero-order valence-corrected chi connectivity index (χ0v) is 11.5. The Labute approximate surface area is 125 Å². The van der Waals surface area contributed by atoms with Crippen molar-refractivity contribution in [1.82, 2.24) is 0 Å². The molecule has 2 atom stereocenters. The quantitative estimate of drug-likeness (QED) is 0.628. The molecule has 0 aliphatic heterocycles. The summed E-state index contributed by atoms with van der Waals surface area (Å²) in [5.41, 5.74) is -0.0618. The molecule has 0 spiro atoms. The third kappa shape index (κ3) is 3.25. The van der Waals surface area contributed by atoms with E-state index < -0.39 is 35.4 Å². The molecule has 1 aromatic carbocycles. The van der Waals surface area contributed by atoms with Crippen molar-refractivity contribution in [2.45, 2.75) is 12.8 Å². The Bertz CT molecular complexity index is 651. The number of aliphatic carboxylic acids is 1. The lowest BCUT2D eigenvalue weighted by molar-refractivity contribution is -0.146. The van der Waals surface area contributed by atoms with Gasteiger partial charge >= 0.3 is 11.9 Å². The van der Waals surface area contributed by atoms with E-state index in [1.165, 1.54) is 12.1 Å². The summed E-state index contributed by atoms with van der Waals surface area (Å²) >= 11 is 0. The molecule has 0 saturated carbocycles. The average Bonchev–Trinajstić information content (AvgIpc) is 2.46. The van der Waals surface area contributed by atoms with Crippen molar-refractivity contribution in [1.29, 1.82) is 0 Å². The smallest absolute Gasteiger partial charge is 0.339 e. The lowest BCUT2D eigenvalue weighted by Gasteiger charge is -2.24. The van der Waals surface area contributed by atoms with E-state index in [0.29, 0.717) is 6.42 Å². The van der Waals surface area contributed by atoms with Crippen LogP contribution >= 0.6 is 0 Å². The van der Waals surface area contributed by atoms with E-state index in [2.05, 4.69) is 5.32 Å². The van der Waals surface area contributed by atoms with Gasteiger partial charge in [-0.1, -0.05) is 12.2 Å². The molecule has 0 fully saturated rings. The monoisotopic (exact) mass is 305 g/mol. The molecule has 1 aliphatic carbocycles. The lowest BCUT2D eigenvalue weighted by atomic mass is 9.82. The van der Waals surface area contributed by atoms with Gasteiger partial charge in [-0.05, 0) is 25.0 Å². The van der Waals surface area contributed by atoms with E-state index in [4.69, 9.17) is 10.2 Å². The van der Waals surface area contributed by atoms with E-state index in [9.17, 15) is 19.5 Å². The van der Waals surface area contributed by atoms with Crippen molar-refractivity contribution in [3.05, 3.63) is 35.9 Å². The summed E-state index contributed by atoms with van der Waals surface area (Å²) in [5, 5.41) is 30.1. The molecule has 0 bridgehead atoms. The van der Waals surface area contributed by atoms with Gasteiger partial charge in [-0.15, -0.1) is 0 Å². The molecule has 0 aromatic heterocycles. The molecule has 2 rings (SSSR count). The van der Waals surface area contributed by atoms with Gasteiger partial charge in [0.1, 0.15) is 11.3 Å². The van der Waals surface area contributed by atoms with Gasteiger partial charge in [-0.2, -0.15) is 0 Å². The van der Waals surface area contributed by atoms with Crippen LogP contribution in [0.4, 0.5) is 5.69 Å². The highest BCUT2D eigenvalue weighted by atomic mass is 16.4. The predicted octanol–water partition coefficient (Wildman–Crippen LogP) is 1.70. The van der Waals surface area contributed by atoms with Crippen LogP contribution in [0.1, 0.15) is 23.2 Å². The summed E-state index contributed by atoms with van der Waals surface area (Å²) in [4.78, 5) is 34.2. The number of benzene rings is 1. The minimum absolute atomic E-state index is 0.214. The molecule has 22 heavy (non-hydrogen) atoms. The number of nitrogens with one attached hydrogen (secondary N) is 1. The van der Waals surface area contributed by atoms with Crippen LogP contribution in [0, 0.1) is 11.8 Å². The number of hydrogen-bond acceptors (Lipinski definition) is 4. The number of amides is 1. The van der Waals surface area contributed by atoms with Crippen LogP contribution in [0.5, 0.6) is 5.75 Å². The van der Waals surface area contributed by atoms with Crippen molar-refractivity contribution in [2.24, 2.45) is 11.8 Å². The molecule has 116 valence electrons. The first kappa shape index (κ1) is 15.6. The Morgan fingerprint density at radius 1 is 1.05 bits per heavy atom. The fourth-order valence-electron chi connectivity index (χ4n) is 2.40. The highest BCUT2D eigenvalue weighted by Crippen LogP contribution is 2.28. The molecule has 1 aliphatic rings. The average molecular weight is 305 g/mol. The summed E-state index contributed by atoms with van der Waals surface area (Å²) in [6, 6.07) is 3.63. The minimum atomic E-state index is -1.28. The Morgan fingerprint density at radius 2 is 1.68 bits per heavy atom. The van der Waals surface area contributed by atoms with Crippen LogP contribution in [-0.4, -0.2) is 33.2 Å². The standard InChI is InChI=1S/C15H15NO6/c17-12-7-8(5-6-11(12)15(21)22)16-13(18)9-3-1-2-4-10(9)14(19)20/h1-2,5-7,9-10,17H,3-4H2,(H,16,18)(H,19,20)(H,21,22)/t9-,10+/m0/s1. The van der Waals surface area contributed by atoms with Gasteiger partial charge in [0.05, 0.1) is 11.8 Å². The van der Waals surface area contributed by atoms with Gasteiger partial charge in [0.25, 0.3) is 0 Å². The first-order chi connectivity index (χ1) is 10.4. The number of rotatable bonds is 4. The van der Waals surface area contributed by atoms with Gasteiger partial charge in [-0.25, -0.2) is 4.79 Å². The van der Waals surface area contributed by atoms with Crippen LogP contribution < -0.4 is 5.32 Å². The maximum atomic E-state index is 12.2. The Balaban J connectivity index is 2.14. The molecule has 7 nitrogen and oxygen atoms in total. The Hall–Kier alpha value is -2.83. The first-order valence-corrected chi connectivity index (χ1v) is 6.65. The highest BCUT2D eigenvalue weighted by Gasteiger charge is 2.34. The molecule has 0 saturated heterocycles. The van der Waals surface area contributed by atoms with Gasteiger partial charge in [-0.3, -0.25) is 9.59 Å². The second-order valence-electron chi connectivity index (χ2n) is 5.02. The lowest BCUT2D eigenvalue weighted by Crippen LogP contribution is -2.34. The van der Waals surface area contributed by atoms with E-state index in [1.54, 1.807) is 12.2 Å². The topological polar surface area (TPSA) is 124 Å². The summed E-state index contributed by atoms with van der Waals surface area (Å²) in [7, 11) is 0. The molecular formula is C15H15NO6. The fourth-order valence-corrected chi connectivity index (χ4v) is 2.40. The summed E-state index contributed by atoms with van der Waals surface area (Å²) in [6.07, 6.45) is 4.10. The second-order valence-corrected chi connectivity index (χ2v) is 5.02. The van der Waals surface area contributed by atoms with Crippen molar-refractivity contribution in [3.8, 4) is 5.75 Å². The zero-order chi connectivity index (χ0) is 16.3. The number of carbonyl (C=O) groups excluding carboxylic acids is 1. The summed E-state index contributed by atoms with van der Waals surface area (Å²) in [6.45, 7) is 0. The largest absolute Gasteiger partial charge is 0.507 e. The Morgan fingerprint density at radius 3 is 2.23 bits per heavy atom. The van der Waals surface area contributed by atoms with E-state index in [0.717, 1.165) is 6.07 Å². The maximum absolute atomic E-state index is 12.2. The number of carboxylic acid groups (broad SMARTS) is 2. The number of carbonyl (C=O) groups is 3. The maximum Gasteiger partial charge on any atom is 0.339 e. The van der Waals surface area contributed by atoms with Gasteiger partial charge in [0.15, 0.2) is 0 Å². The Kier molecular flexibility index (Phi) is 4.45. The van der Waals surface area contributed by atoms with E-state index >= 15 is 0 Å². The number of aromatic hydroxyl groups is 1. The van der Waals surface area contributed by atoms with Crippen LogP contribution in [0.15, 0.2) is 30.4 Å². The van der Waals surface area contributed by atoms with Crippen LogP contribution in [0.25, 0.3) is 0 Å². The number of carboxylic acids is 2. The molecule has 1 amide bonds. The normalized spacial score (nSPS) is 20.4. The molecule has 7 heteroatoms. The number of anilines is 1. The molecule has 1 aromatic rings. The van der Waals surface area contributed by atoms with Gasteiger partial charge in [0, 0.05) is 11.8 Å². The highest BCUT2D eigenvalue weighted by molar-refractivity contribution is 5.97. The predicted molar refractivity (Wildman–Crippen MR) is 76.7 cm³/mol. The van der Waals surface area contributed by atoms with Crippen LogP contribution in [-0.2, 0) is 9.59 Å². The van der Waals surface area contributed by atoms with Gasteiger partial charge in [0.2, 0.25) is 5.91 Å². The number of hydrogen-bond donors (Lipinski definition) is 4. The summed E-state index contributed by atoms with van der Waals surface area (Å²) < 4.78 is 0. The molecule has 4 N–H and O–H groups in total. The minimum Gasteiger partial charge on any atom is -0.507 e. The molecule has 0 radical (unpaired) electrons. The van der Waals surface area contributed by atoms with Crippen LogP contribution in [0.3, 0.4) is 0 Å². The first-order valence-electron chi connectivity index (χ1n) is 6.65. The number of aromatic carboxylic acids is 1. The third-order valence-electron chi connectivity index (χ3n) is 3.58. The van der Waals surface area contributed by atoms with Crippen molar-refractivity contribution in [3.63, 3.8) is 0 Å². The zero-order valence-electron chi connectivity index (χ0n) is 11.5. The molecule has 0 unspecified atom stereocenters. The second kappa shape index (κ2) is 6.30. The SMILES string of the molecule is O=C(O)c1ccc(NC(=O)[C@H]2CC=CC[C@H]2C(=O)O)cc1O. The summed E-state index contributed by atoms with van der Waals surface area (Å²) in [5.74, 6) is -4.75. The molecular weight excluding hydrogens is 290 g/mol. The fraction of sp³-hybridized carbons (Fsp3) is 0.267. The van der Waals surface area contributed by atoms with Crippen molar-refractivity contribution < 1.29 is 29.7 Å².